The first-order valence-electron chi connectivity index (χ1n) is 12.5. The Balaban J connectivity index is 1.24. The smallest absolute Gasteiger partial charge is 0.119 e. The molecule has 0 bridgehead atoms. The number of rotatable bonds is 10. The van der Waals surface area contributed by atoms with Crippen LogP contribution in [0.2, 0.25) is 0 Å². The van der Waals surface area contributed by atoms with Gasteiger partial charge in [-0.25, -0.2) is 0 Å². The van der Waals surface area contributed by atoms with Crippen molar-refractivity contribution >= 4 is 21.4 Å². The molecule has 31 heavy (non-hydrogen) atoms. The second-order valence-corrected chi connectivity index (χ2v) is 10.5. The zero-order chi connectivity index (χ0) is 21.5. The summed E-state index contributed by atoms with van der Waals surface area (Å²) < 4.78 is 7.28. The van der Waals surface area contributed by atoms with Crippen LogP contribution < -0.4 is 4.74 Å². The first kappa shape index (κ1) is 22.4. The van der Waals surface area contributed by atoms with Crippen LogP contribution in [0.4, 0.5) is 0 Å². The third-order valence-electron chi connectivity index (χ3n) is 6.94. The lowest BCUT2D eigenvalue weighted by Crippen LogP contribution is -2.14. The highest BCUT2D eigenvalue weighted by atomic mass is 32.1. The highest BCUT2D eigenvalue weighted by Crippen LogP contribution is 2.39. The van der Waals surface area contributed by atoms with E-state index in [1.165, 1.54) is 73.4 Å². The summed E-state index contributed by atoms with van der Waals surface area (Å²) in [7, 11) is 0. The molecular formula is C29H38OS. The zero-order valence-corrected chi connectivity index (χ0v) is 20.2. The van der Waals surface area contributed by atoms with E-state index in [1.807, 2.05) is 11.3 Å². The van der Waals surface area contributed by atoms with Crippen molar-refractivity contribution in [3.05, 3.63) is 64.5 Å². The molecule has 1 heterocycles. The Morgan fingerprint density at radius 3 is 2.42 bits per heavy atom. The minimum atomic E-state index is 0.761. The van der Waals surface area contributed by atoms with Gasteiger partial charge in [-0.15, -0.1) is 11.3 Å². The van der Waals surface area contributed by atoms with Crippen molar-refractivity contribution in [1.82, 2.24) is 0 Å². The molecule has 2 heteroatoms. The molecule has 4 rings (SSSR count). The molecule has 0 saturated heterocycles. The Labute approximate surface area is 192 Å². The van der Waals surface area contributed by atoms with Gasteiger partial charge in [0.15, 0.2) is 0 Å². The molecule has 0 spiro atoms. The maximum absolute atomic E-state index is 5.79. The summed E-state index contributed by atoms with van der Waals surface area (Å²) in [6.07, 6.45) is 12.8. The minimum Gasteiger partial charge on any atom is -0.494 e. The summed E-state index contributed by atoms with van der Waals surface area (Å²) in [5.74, 6) is 2.66. The average molecular weight is 435 g/mol. The van der Waals surface area contributed by atoms with Gasteiger partial charge in [0.25, 0.3) is 0 Å². The predicted octanol–water partition coefficient (Wildman–Crippen LogP) is 8.94. The summed E-state index contributed by atoms with van der Waals surface area (Å²) in [5.41, 5.74) is 3.03. The van der Waals surface area contributed by atoms with Crippen molar-refractivity contribution in [3.63, 3.8) is 0 Å². The van der Waals surface area contributed by atoms with E-state index < -0.39 is 0 Å². The molecule has 1 fully saturated rings. The van der Waals surface area contributed by atoms with Crippen molar-refractivity contribution in [2.75, 3.05) is 6.61 Å². The van der Waals surface area contributed by atoms with E-state index >= 15 is 0 Å². The molecule has 166 valence electrons. The summed E-state index contributed by atoms with van der Waals surface area (Å²) in [5, 5.41) is 1.44. The zero-order valence-electron chi connectivity index (χ0n) is 19.4. The van der Waals surface area contributed by atoms with E-state index in [0.717, 1.165) is 30.6 Å². The van der Waals surface area contributed by atoms with Crippen LogP contribution in [0, 0.1) is 5.92 Å². The maximum atomic E-state index is 5.79. The van der Waals surface area contributed by atoms with Gasteiger partial charge in [-0.2, -0.15) is 0 Å². The van der Waals surface area contributed by atoms with Gasteiger partial charge in [-0.05, 0) is 104 Å². The quantitative estimate of drug-likeness (QED) is 0.289. The third-order valence-corrected chi connectivity index (χ3v) is 8.10. The fraction of sp³-hybridized carbons (Fsp3) is 0.517. The van der Waals surface area contributed by atoms with Gasteiger partial charge in [0, 0.05) is 9.58 Å². The van der Waals surface area contributed by atoms with E-state index in [-0.39, 0.29) is 0 Å². The van der Waals surface area contributed by atoms with Crippen LogP contribution in [0.3, 0.4) is 0 Å². The van der Waals surface area contributed by atoms with Crippen LogP contribution in [-0.4, -0.2) is 6.61 Å². The topological polar surface area (TPSA) is 9.23 Å². The average Bonchev–Trinajstić information content (AvgIpc) is 3.21. The standard InChI is InChI=1S/C29H38OS/c1-3-5-19-30-27-17-11-23(12-18-27)8-7-22-9-13-24(14-10-22)25-15-16-26-20-28(6-4-2)31-29(26)21-25/h11-12,15-18,20-22,24H,3-10,13-14,19H2,1-2H3. The van der Waals surface area contributed by atoms with Gasteiger partial charge < -0.3 is 4.74 Å². The summed E-state index contributed by atoms with van der Waals surface area (Å²) >= 11 is 2.00. The SMILES string of the molecule is CCCCOc1ccc(CCC2CCC(c3ccc4cc(CCC)sc4c3)CC2)cc1. The molecule has 3 aromatic rings. The lowest BCUT2D eigenvalue weighted by Gasteiger charge is -2.29. The highest BCUT2D eigenvalue weighted by Gasteiger charge is 2.22. The van der Waals surface area contributed by atoms with Crippen molar-refractivity contribution in [2.45, 2.75) is 84.0 Å². The van der Waals surface area contributed by atoms with Crippen molar-refractivity contribution in [2.24, 2.45) is 5.92 Å². The summed E-state index contributed by atoms with van der Waals surface area (Å²) in [6.45, 7) is 5.30. The number of thiophene rings is 1. The predicted molar refractivity (Wildman–Crippen MR) is 136 cm³/mol. The Morgan fingerprint density at radius 1 is 0.871 bits per heavy atom. The van der Waals surface area contributed by atoms with Crippen LogP contribution in [0.15, 0.2) is 48.5 Å². The Morgan fingerprint density at radius 2 is 1.68 bits per heavy atom. The molecule has 1 nitrogen and oxygen atoms in total. The van der Waals surface area contributed by atoms with Crippen LogP contribution in [0.25, 0.3) is 10.1 Å². The first-order chi connectivity index (χ1) is 15.2. The number of ether oxygens (including phenoxy) is 1. The lowest BCUT2D eigenvalue weighted by molar-refractivity contribution is 0.308. The van der Waals surface area contributed by atoms with Crippen molar-refractivity contribution in [1.29, 1.82) is 0 Å². The number of unbranched alkanes of at least 4 members (excludes halogenated alkanes) is 1. The molecule has 0 radical (unpaired) electrons. The van der Waals surface area contributed by atoms with Crippen LogP contribution in [0.5, 0.6) is 5.75 Å². The molecule has 2 aromatic carbocycles. The van der Waals surface area contributed by atoms with Gasteiger partial charge in [0.2, 0.25) is 0 Å². The molecule has 0 amide bonds. The molecule has 0 aliphatic heterocycles. The van der Waals surface area contributed by atoms with Crippen LogP contribution in [-0.2, 0) is 12.8 Å². The second kappa shape index (κ2) is 11.2. The molecule has 1 saturated carbocycles. The fourth-order valence-electron chi connectivity index (χ4n) is 4.97. The van der Waals surface area contributed by atoms with Crippen LogP contribution >= 0.6 is 11.3 Å². The maximum Gasteiger partial charge on any atom is 0.119 e. The number of benzene rings is 2. The summed E-state index contributed by atoms with van der Waals surface area (Å²) in [4.78, 5) is 1.54. The number of aryl methyl sites for hydroxylation is 2. The first-order valence-corrected chi connectivity index (χ1v) is 13.3. The molecular weight excluding hydrogens is 396 g/mol. The number of hydrogen-bond acceptors (Lipinski definition) is 2. The number of hydrogen-bond donors (Lipinski definition) is 0. The molecule has 0 N–H and O–H groups in total. The Hall–Kier alpha value is -1.80. The van der Waals surface area contributed by atoms with E-state index in [4.69, 9.17) is 4.74 Å². The van der Waals surface area contributed by atoms with Crippen molar-refractivity contribution < 1.29 is 4.74 Å². The third kappa shape index (κ3) is 6.13. The largest absolute Gasteiger partial charge is 0.494 e. The van der Waals surface area contributed by atoms with E-state index in [1.54, 1.807) is 10.4 Å². The highest BCUT2D eigenvalue weighted by molar-refractivity contribution is 7.19. The molecule has 0 atom stereocenters. The van der Waals surface area contributed by atoms with Gasteiger partial charge >= 0.3 is 0 Å². The monoisotopic (exact) mass is 434 g/mol. The number of fused-ring (bicyclic) bond motifs is 1. The molecule has 1 aliphatic rings. The molecule has 1 aliphatic carbocycles. The molecule has 1 aromatic heterocycles. The fourth-order valence-corrected chi connectivity index (χ4v) is 6.18. The normalized spacial score (nSPS) is 19.0. The van der Waals surface area contributed by atoms with Gasteiger partial charge in [-0.1, -0.05) is 51.0 Å². The van der Waals surface area contributed by atoms with Crippen LogP contribution in [0.1, 0.15) is 87.1 Å². The second-order valence-electron chi connectivity index (χ2n) is 9.36. The summed E-state index contributed by atoms with van der Waals surface area (Å²) in [6, 6.07) is 18.5. The van der Waals surface area contributed by atoms with Gasteiger partial charge in [0.1, 0.15) is 5.75 Å². The Kier molecular flexibility index (Phi) is 8.08. The van der Waals surface area contributed by atoms with Crippen molar-refractivity contribution in [3.8, 4) is 5.75 Å². The van der Waals surface area contributed by atoms with Gasteiger partial charge in [-0.3, -0.25) is 0 Å². The lowest BCUT2D eigenvalue weighted by atomic mass is 9.77. The minimum absolute atomic E-state index is 0.761. The molecule has 0 unspecified atom stereocenters. The van der Waals surface area contributed by atoms with E-state index in [9.17, 15) is 0 Å². The van der Waals surface area contributed by atoms with E-state index in [0.29, 0.717) is 0 Å². The Bertz CT molecular complexity index is 931. The van der Waals surface area contributed by atoms with Gasteiger partial charge in [0.05, 0.1) is 6.61 Å². The van der Waals surface area contributed by atoms with E-state index in [2.05, 4.69) is 62.4 Å².